The standard InChI is InChI=1S/C14H17Cl2NO4/c1-4-20-13(19)11-7(2)10(8(3)17-11)12(18)21-6-9-5-14(9,15)16/h9,17H,4-6H2,1-3H3/t9-/m0/s1. The first-order chi connectivity index (χ1) is 9.77. The lowest BCUT2D eigenvalue weighted by Crippen LogP contribution is -2.12. The molecule has 116 valence electrons. The van der Waals surface area contributed by atoms with E-state index in [4.69, 9.17) is 32.7 Å². The Kier molecular flexibility index (Phi) is 4.54. The molecule has 1 N–H and O–H groups in total. The lowest BCUT2D eigenvalue weighted by molar-refractivity contribution is 0.0483. The number of carbonyl (C=O) groups excluding carboxylic acids is 2. The zero-order chi connectivity index (χ0) is 15.8. The van der Waals surface area contributed by atoms with Gasteiger partial charge in [0, 0.05) is 11.6 Å². The Hall–Kier alpha value is -1.20. The molecule has 1 heterocycles. The highest BCUT2D eigenvalue weighted by Crippen LogP contribution is 2.53. The molecule has 0 radical (unpaired) electrons. The summed E-state index contributed by atoms with van der Waals surface area (Å²) in [6.45, 7) is 5.54. The van der Waals surface area contributed by atoms with Crippen molar-refractivity contribution in [1.29, 1.82) is 0 Å². The lowest BCUT2D eigenvalue weighted by Gasteiger charge is -2.05. The monoisotopic (exact) mass is 333 g/mol. The van der Waals surface area contributed by atoms with Crippen LogP contribution in [0.4, 0.5) is 0 Å². The van der Waals surface area contributed by atoms with Crippen molar-refractivity contribution in [2.45, 2.75) is 31.5 Å². The molecule has 1 saturated carbocycles. The van der Waals surface area contributed by atoms with Crippen LogP contribution < -0.4 is 0 Å². The molecule has 1 fully saturated rings. The SMILES string of the molecule is CCOC(=O)c1[nH]c(C)c(C(=O)OC[C@@H]2CC2(Cl)Cl)c1C. The highest BCUT2D eigenvalue weighted by molar-refractivity contribution is 6.50. The Bertz CT molecular complexity index is 580. The van der Waals surface area contributed by atoms with E-state index in [1.807, 2.05) is 0 Å². The molecule has 7 heteroatoms. The van der Waals surface area contributed by atoms with Crippen molar-refractivity contribution in [2.24, 2.45) is 5.92 Å². The van der Waals surface area contributed by atoms with Gasteiger partial charge in [-0.25, -0.2) is 9.59 Å². The van der Waals surface area contributed by atoms with Gasteiger partial charge in [0.15, 0.2) is 0 Å². The number of hydrogen-bond donors (Lipinski definition) is 1. The summed E-state index contributed by atoms with van der Waals surface area (Å²) in [5.74, 6) is -1.01. The molecule has 0 aliphatic heterocycles. The molecule has 5 nitrogen and oxygen atoms in total. The van der Waals surface area contributed by atoms with Crippen LogP contribution in [0.2, 0.25) is 0 Å². The summed E-state index contributed by atoms with van der Waals surface area (Å²) in [5.41, 5.74) is 1.72. The lowest BCUT2D eigenvalue weighted by atomic mass is 10.1. The van der Waals surface area contributed by atoms with Gasteiger partial charge in [-0.1, -0.05) is 0 Å². The second kappa shape index (κ2) is 5.89. The van der Waals surface area contributed by atoms with Crippen molar-refractivity contribution in [1.82, 2.24) is 4.98 Å². The van der Waals surface area contributed by atoms with Crippen molar-refractivity contribution in [3.8, 4) is 0 Å². The van der Waals surface area contributed by atoms with Gasteiger partial charge in [-0.15, -0.1) is 23.2 Å². The second-order valence-electron chi connectivity index (χ2n) is 5.11. The molecule has 1 aromatic rings. The first kappa shape index (κ1) is 16.2. The molecular weight excluding hydrogens is 317 g/mol. The number of alkyl halides is 2. The Morgan fingerprint density at radius 3 is 2.43 bits per heavy atom. The van der Waals surface area contributed by atoms with Crippen molar-refractivity contribution < 1.29 is 19.1 Å². The normalized spacial score (nSPS) is 19.2. The third-order valence-electron chi connectivity index (χ3n) is 3.49. The van der Waals surface area contributed by atoms with Crippen LogP contribution >= 0.6 is 23.2 Å². The van der Waals surface area contributed by atoms with Gasteiger partial charge in [-0.05, 0) is 32.8 Å². The molecule has 1 atom stereocenters. The molecule has 0 saturated heterocycles. The van der Waals surface area contributed by atoms with Gasteiger partial charge in [0.25, 0.3) is 0 Å². The molecule has 0 amide bonds. The van der Waals surface area contributed by atoms with E-state index in [0.29, 0.717) is 23.2 Å². The number of hydrogen-bond acceptors (Lipinski definition) is 4. The first-order valence-electron chi connectivity index (χ1n) is 6.69. The predicted molar refractivity (Wildman–Crippen MR) is 79.0 cm³/mol. The smallest absolute Gasteiger partial charge is 0.355 e. The zero-order valence-electron chi connectivity index (χ0n) is 12.1. The van der Waals surface area contributed by atoms with Crippen LogP contribution in [0.15, 0.2) is 0 Å². The molecule has 1 aliphatic rings. The molecule has 2 rings (SSSR count). The summed E-state index contributed by atoms with van der Waals surface area (Å²) in [5, 5.41) is 0. The summed E-state index contributed by atoms with van der Waals surface area (Å²) in [6, 6.07) is 0. The molecule has 1 aromatic heterocycles. The van der Waals surface area contributed by atoms with Crippen molar-refractivity contribution in [3.63, 3.8) is 0 Å². The van der Waals surface area contributed by atoms with Crippen LogP contribution in [-0.4, -0.2) is 34.5 Å². The van der Waals surface area contributed by atoms with Crippen molar-refractivity contribution in [2.75, 3.05) is 13.2 Å². The van der Waals surface area contributed by atoms with Crippen molar-refractivity contribution >= 4 is 35.1 Å². The maximum atomic E-state index is 12.1. The van der Waals surface area contributed by atoms with E-state index in [9.17, 15) is 9.59 Å². The minimum atomic E-state index is -0.779. The minimum Gasteiger partial charge on any atom is -0.462 e. The van der Waals surface area contributed by atoms with Gasteiger partial charge in [0.2, 0.25) is 0 Å². The average molecular weight is 334 g/mol. The third-order valence-corrected chi connectivity index (χ3v) is 4.42. The minimum absolute atomic E-state index is 0.0335. The van der Waals surface area contributed by atoms with E-state index in [2.05, 4.69) is 4.98 Å². The van der Waals surface area contributed by atoms with E-state index in [0.717, 1.165) is 0 Å². The van der Waals surface area contributed by atoms with Gasteiger partial charge in [-0.2, -0.15) is 0 Å². The number of aromatic nitrogens is 1. The van der Waals surface area contributed by atoms with Crippen LogP contribution in [0.25, 0.3) is 0 Å². The Morgan fingerprint density at radius 1 is 1.29 bits per heavy atom. The number of H-pyrrole nitrogens is 1. The van der Waals surface area contributed by atoms with Crippen LogP contribution in [0.1, 0.15) is 45.4 Å². The summed E-state index contributed by atoms with van der Waals surface area (Å²) in [7, 11) is 0. The fourth-order valence-electron chi connectivity index (χ4n) is 2.16. The van der Waals surface area contributed by atoms with Gasteiger partial charge in [0.1, 0.15) is 10.0 Å². The number of aromatic amines is 1. The second-order valence-corrected chi connectivity index (χ2v) is 6.65. The molecule has 0 bridgehead atoms. The molecule has 0 aromatic carbocycles. The highest BCUT2D eigenvalue weighted by Gasteiger charge is 2.52. The Balaban J connectivity index is 2.08. The number of ether oxygens (including phenoxy) is 2. The van der Waals surface area contributed by atoms with E-state index in [1.54, 1.807) is 20.8 Å². The van der Waals surface area contributed by atoms with Crippen molar-refractivity contribution in [3.05, 3.63) is 22.5 Å². The van der Waals surface area contributed by atoms with Crippen LogP contribution in [0.3, 0.4) is 0 Å². The molecule has 1 aliphatic carbocycles. The summed E-state index contributed by atoms with van der Waals surface area (Å²) < 4.78 is 9.38. The summed E-state index contributed by atoms with van der Waals surface area (Å²) in [4.78, 5) is 26.8. The topological polar surface area (TPSA) is 68.4 Å². The summed E-state index contributed by atoms with van der Waals surface area (Å²) >= 11 is 11.8. The quantitative estimate of drug-likeness (QED) is 0.663. The zero-order valence-corrected chi connectivity index (χ0v) is 13.6. The predicted octanol–water partition coefficient (Wildman–Crippen LogP) is 3.16. The number of aryl methyl sites for hydroxylation is 1. The number of halogens is 2. The maximum Gasteiger partial charge on any atom is 0.355 e. The highest BCUT2D eigenvalue weighted by atomic mass is 35.5. The average Bonchev–Trinajstić information content (AvgIpc) is 2.89. The van der Waals surface area contributed by atoms with E-state index < -0.39 is 16.3 Å². The third kappa shape index (κ3) is 3.35. The fourth-order valence-corrected chi connectivity index (χ4v) is 2.66. The van der Waals surface area contributed by atoms with Crippen LogP contribution in [0, 0.1) is 19.8 Å². The van der Waals surface area contributed by atoms with Gasteiger partial charge in [-0.3, -0.25) is 0 Å². The number of carbonyl (C=O) groups is 2. The van der Waals surface area contributed by atoms with Gasteiger partial charge >= 0.3 is 11.9 Å². The number of esters is 2. The fraction of sp³-hybridized carbons (Fsp3) is 0.571. The van der Waals surface area contributed by atoms with Crippen LogP contribution in [0.5, 0.6) is 0 Å². The molecule has 0 spiro atoms. The number of rotatable bonds is 5. The van der Waals surface area contributed by atoms with Gasteiger partial charge < -0.3 is 14.5 Å². The molecule has 0 unspecified atom stereocenters. The van der Waals surface area contributed by atoms with Gasteiger partial charge in [0.05, 0.1) is 18.8 Å². The van der Waals surface area contributed by atoms with E-state index >= 15 is 0 Å². The van der Waals surface area contributed by atoms with Crippen LogP contribution in [-0.2, 0) is 9.47 Å². The van der Waals surface area contributed by atoms with E-state index in [-0.39, 0.29) is 24.8 Å². The molecule has 21 heavy (non-hydrogen) atoms. The first-order valence-corrected chi connectivity index (χ1v) is 7.44. The summed E-state index contributed by atoms with van der Waals surface area (Å²) in [6.07, 6.45) is 0.614. The maximum absolute atomic E-state index is 12.1. The van der Waals surface area contributed by atoms with E-state index in [1.165, 1.54) is 0 Å². The number of nitrogens with one attached hydrogen (secondary N) is 1. The largest absolute Gasteiger partial charge is 0.462 e. The Morgan fingerprint density at radius 2 is 1.90 bits per heavy atom. The Labute approximate surface area is 132 Å². The molecular formula is C14H17Cl2NO4.